The Kier molecular flexibility index (Phi) is 6.11. The van der Waals surface area contributed by atoms with Crippen molar-refractivity contribution in [3.05, 3.63) is 16.8 Å². The van der Waals surface area contributed by atoms with E-state index < -0.39 is 0 Å². The summed E-state index contributed by atoms with van der Waals surface area (Å²) in [5, 5.41) is 5.17. The fourth-order valence-corrected chi connectivity index (χ4v) is 5.41. The van der Waals surface area contributed by atoms with E-state index >= 15 is 0 Å². The zero-order valence-corrected chi connectivity index (χ0v) is 16.1. The average molecular weight is 364 g/mol. The summed E-state index contributed by atoms with van der Waals surface area (Å²) in [6.45, 7) is 5.26. The van der Waals surface area contributed by atoms with Gasteiger partial charge in [-0.3, -0.25) is 4.79 Å². The summed E-state index contributed by atoms with van der Waals surface area (Å²) in [5.41, 5.74) is 1.43. The highest BCUT2D eigenvalue weighted by atomic mass is 32.2. The predicted molar refractivity (Wildman–Crippen MR) is 102 cm³/mol. The van der Waals surface area contributed by atoms with Gasteiger partial charge in [-0.05, 0) is 37.2 Å². The highest BCUT2D eigenvalue weighted by Crippen LogP contribution is 2.40. The number of aryl methyl sites for hydroxylation is 1. The second-order valence-corrected chi connectivity index (χ2v) is 8.60. The normalized spacial score (nSPS) is 17.0. The number of carbonyl (C=O) groups excluding carboxylic acids is 1. The van der Waals surface area contributed by atoms with Gasteiger partial charge in [-0.15, -0.1) is 11.3 Å². The Bertz CT molecular complexity index is 714. The van der Waals surface area contributed by atoms with Crippen molar-refractivity contribution in [1.29, 1.82) is 0 Å². The number of nitrogens with one attached hydrogen (secondary N) is 1. The zero-order chi connectivity index (χ0) is 16.9. The van der Waals surface area contributed by atoms with Gasteiger partial charge in [0.1, 0.15) is 16.2 Å². The molecule has 2 heterocycles. The minimum Gasteiger partial charge on any atom is -0.355 e. The van der Waals surface area contributed by atoms with Crippen LogP contribution in [-0.2, 0) is 17.6 Å². The lowest BCUT2D eigenvalue weighted by molar-refractivity contribution is -0.118. The van der Waals surface area contributed by atoms with Crippen LogP contribution in [0.15, 0.2) is 11.4 Å². The van der Waals surface area contributed by atoms with Crippen LogP contribution >= 0.6 is 23.1 Å². The molecule has 130 valence electrons. The topological polar surface area (TPSA) is 54.9 Å². The van der Waals surface area contributed by atoms with Gasteiger partial charge in [0.15, 0.2) is 0 Å². The molecule has 1 amide bonds. The fourth-order valence-electron chi connectivity index (χ4n) is 3.14. The van der Waals surface area contributed by atoms with Crippen molar-refractivity contribution in [1.82, 2.24) is 15.3 Å². The fraction of sp³-hybridized carbons (Fsp3) is 0.611. The maximum atomic E-state index is 12.0. The third kappa shape index (κ3) is 4.09. The molecule has 6 heteroatoms. The molecule has 0 fully saturated rings. The van der Waals surface area contributed by atoms with Gasteiger partial charge in [0.05, 0.1) is 5.75 Å². The van der Waals surface area contributed by atoms with Gasteiger partial charge in [0.2, 0.25) is 5.91 Å². The molecule has 2 aromatic rings. The van der Waals surface area contributed by atoms with Gasteiger partial charge in [-0.1, -0.05) is 38.5 Å². The standard InChI is InChI=1S/C18H25N3OS2/c1-3-4-5-8-19-15(22)10-23-17-16-13-7-6-12(2)9-14(13)24-18(16)21-11-20-17/h11-12H,3-10H2,1-2H3,(H,19,22)/t12-/m0/s1. The predicted octanol–water partition coefficient (Wildman–Crippen LogP) is 4.21. The first-order valence-electron chi connectivity index (χ1n) is 8.83. The zero-order valence-electron chi connectivity index (χ0n) is 14.4. The van der Waals surface area contributed by atoms with Crippen LogP contribution in [0.1, 0.15) is 50.0 Å². The van der Waals surface area contributed by atoms with Crippen LogP contribution in [0.4, 0.5) is 0 Å². The Morgan fingerprint density at radius 1 is 1.42 bits per heavy atom. The number of rotatable bonds is 7. The van der Waals surface area contributed by atoms with Crippen molar-refractivity contribution in [2.24, 2.45) is 5.92 Å². The number of hydrogen-bond acceptors (Lipinski definition) is 5. The Balaban J connectivity index is 1.68. The smallest absolute Gasteiger partial charge is 0.230 e. The molecule has 0 saturated heterocycles. The van der Waals surface area contributed by atoms with Crippen molar-refractivity contribution in [3.63, 3.8) is 0 Å². The highest BCUT2D eigenvalue weighted by molar-refractivity contribution is 8.00. The minimum absolute atomic E-state index is 0.0978. The van der Waals surface area contributed by atoms with Gasteiger partial charge < -0.3 is 5.32 Å². The number of fused-ring (bicyclic) bond motifs is 3. The van der Waals surface area contributed by atoms with Crippen LogP contribution in [0.2, 0.25) is 0 Å². The number of thiophene rings is 1. The summed E-state index contributed by atoms with van der Waals surface area (Å²) >= 11 is 3.35. The van der Waals surface area contributed by atoms with Gasteiger partial charge in [0.25, 0.3) is 0 Å². The van der Waals surface area contributed by atoms with E-state index in [0.29, 0.717) is 5.75 Å². The molecule has 0 saturated carbocycles. The highest BCUT2D eigenvalue weighted by Gasteiger charge is 2.23. The van der Waals surface area contributed by atoms with Crippen LogP contribution in [0.25, 0.3) is 10.2 Å². The second-order valence-electron chi connectivity index (χ2n) is 6.56. The number of hydrogen-bond donors (Lipinski definition) is 1. The number of aromatic nitrogens is 2. The lowest BCUT2D eigenvalue weighted by Crippen LogP contribution is -2.26. The molecule has 1 atom stereocenters. The van der Waals surface area contributed by atoms with E-state index in [2.05, 4.69) is 29.1 Å². The number of carbonyl (C=O) groups is 1. The van der Waals surface area contributed by atoms with Crippen molar-refractivity contribution in [2.75, 3.05) is 12.3 Å². The lowest BCUT2D eigenvalue weighted by atomic mass is 9.89. The van der Waals surface area contributed by atoms with E-state index in [9.17, 15) is 4.79 Å². The summed E-state index contributed by atoms with van der Waals surface area (Å²) in [6, 6.07) is 0. The van der Waals surface area contributed by atoms with E-state index in [1.54, 1.807) is 29.4 Å². The maximum Gasteiger partial charge on any atom is 0.230 e. The summed E-state index contributed by atoms with van der Waals surface area (Å²) in [4.78, 5) is 23.5. The van der Waals surface area contributed by atoms with Crippen molar-refractivity contribution in [2.45, 2.75) is 57.4 Å². The van der Waals surface area contributed by atoms with Crippen LogP contribution in [0, 0.1) is 5.92 Å². The maximum absolute atomic E-state index is 12.0. The molecule has 2 aromatic heterocycles. The molecule has 0 unspecified atom stereocenters. The molecule has 1 aliphatic carbocycles. The van der Waals surface area contributed by atoms with E-state index in [1.165, 1.54) is 35.1 Å². The van der Waals surface area contributed by atoms with E-state index in [-0.39, 0.29) is 5.91 Å². The average Bonchev–Trinajstić information content (AvgIpc) is 2.94. The van der Waals surface area contributed by atoms with Crippen LogP contribution in [0.3, 0.4) is 0 Å². The first kappa shape index (κ1) is 17.7. The molecule has 1 N–H and O–H groups in total. The quantitative estimate of drug-likeness (QED) is 0.455. The molecule has 0 radical (unpaired) electrons. The minimum atomic E-state index is 0.0978. The molecular formula is C18H25N3OS2. The number of nitrogens with zero attached hydrogens (tertiary/aromatic N) is 2. The molecule has 4 nitrogen and oxygen atoms in total. The Morgan fingerprint density at radius 2 is 2.29 bits per heavy atom. The molecule has 0 aliphatic heterocycles. The van der Waals surface area contributed by atoms with Crippen LogP contribution in [0.5, 0.6) is 0 Å². The monoisotopic (exact) mass is 363 g/mol. The van der Waals surface area contributed by atoms with Crippen LogP contribution < -0.4 is 5.32 Å². The number of thioether (sulfide) groups is 1. The molecule has 0 spiro atoms. The first-order valence-corrected chi connectivity index (χ1v) is 10.6. The molecule has 3 rings (SSSR count). The van der Waals surface area contributed by atoms with Gasteiger partial charge in [-0.25, -0.2) is 9.97 Å². The third-order valence-electron chi connectivity index (χ3n) is 4.50. The van der Waals surface area contributed by atoms with Gasteiger partial charge >= 0.3 is 0 Å². The summed E-state index contributed by atoms with van der Waals surface area (Å²) in [6.07, 6.45) is 8.52. The number of amides is 1. The van der Waals surface area contributed by atoms with Crippen molar-refractivity contribution >= 4 is 39.2 Å². The van der Waals surface area contributed by atoms with Crippen molar-refractivity contribution < 1.29 is 4.79 Å². The molecule has 24 heavy (non-hydrogen) atoms. The lowest BCUT2D eigenvalue weighted by Gasteiger charge is -2.18. The molecule has 1 aliphatic rings. The SMILES string of the molecule is CCCCCNC(=O)CSc1ncnc2sc3c(c12)CC[C@H](C)C3. The Morgan fingerprint density at radius 3 is 3.12 bits per heavy atom. The summed E-state index contributed by atoms with van der Waals surface area (Å²) in [7, 11) is 0. The Hall–Kier alpha value is -1.14. The van der Waals surface area contributed by atoms with Crippen LogP contribution in [-0.4, -0.2) is 28.2 Å². The van der Waals surface area contributed by atoms with E-state index in [1.807, 2.05) is 0 Å². The molecule has 0 bridgehead atoms. The van der Waals surface area contributed by atoms with E-state index in [0.717, 1.165) is 41.6 Å². The van der Waals surface area contributed by atoms with Gasteiger partial charge in [-0.2, -0.15) is 0 Å². The first-order chi connectivity index (χ1) is 11.7. The van der Waals surface area contributed by atoms with Gasteiger partial charge in [0, 0.05) is 16.8 Å². The Labute approximate surface area is 151 Å². The van der Waals surface area contributed by atoms with Crippen molar-refractivity contribution in [3.8, 4) is 0 Å². The molecule has 0 aromatic carbocycles. The molecular weight excluding hydrogens is 338 g/mol. The second kappa shape index (κ2) is 8.30. The summed E-state index contributed by atoms with van der Waals surface area (Å²) < 4.78 is 0. The summed E-state index contributed by atoms with van der Waals surface area (Å²) in [5.74, 6) is 1.28. The largest absolute Gasteiger partial charge is 0.355 e. The van der Waals surface area contributed by atoms with E-state index in [4.69, 9.17) is 0 Å². The third-order valence-corrected chi connectivity index (χ3v) is 6.65. The number of unbranched alkanes of at least 4 members (excludes halogenated alkanes) is 2.